The van der Waals surface area contributed by atoms with Crippen molar-refractivity contribution >= 4 is 33.0 Å². The van der Waals surface area contributed by atoms with Crippen molar-refractivity contribution in [3.8, 4) is 0 Å². The van der Waals surface area contributed by atoms with E-state index in [-0.39, 0.29) is 37.9 Å². The van der Waals surface area contributed by atoms with Crippen molar-refractivity contribution in [2.45, 2.75) is 16.7 Å². The van der Waals surface area contributed by atoms with Crippen molar-refractivity contribution in [1.29, 1.82) is 0 Å². The molecule has 3 aromatic carbocycles. The molecule has 148 valence electrons. The van der Waals surface area contributed by atoms with Crippen LogP contribution in [0.3, 0.4) is 0 Å². The molecular weight excluding hydrogens is 392 g/mol. The lowest BCUT2D eigenvalue weighted by Gasteiger charge is -2.13. The molecule has 0 unspecified atom stereocenters. The third kappa shape index (κ3) is 3.57. The van der Waals surface area contributed by atoms with Crippen molar-refractivity contribution in [1.82, 2.24) is 0 Å². The number of benzene rings is 3. The first-order valence-electron chi connectivity index (χ1n) is 8.51. The third-order valence-electron chi connectivity index (χ3n) is 4.51. The number of carboxylic acid groups (broad SMARTS) is 1. The van der Waals surface area contributed by atoms with E-state index in [0.717, 1.165) is 5.56 Å². The zero-order valence-corrected chi connectivity index (χ0v) is 16.2. The molecule has 0 saturated heterocycles. The molecule has 3 aromatic rings. The van der Waals surface area contributed by atoms with Crippen molar-refractivity contribution in [2.75, 3.05) is 11.5 Å². The fourth-order valence-electron chi connectivity index (χ4n) is 2.92. The summed E-state index contributed by atoms with van der Waals surface area (Å²) < 4.78 is 26.0. The number of rotatable bonds is 5. The van der Waals surface area contributed by atoms with Crippen LogP contribution in [0.4, 0.5) is 11.4 Å². The summed E-state index contributed by atoms with van der Waals surface area (Å²) in [4.78, 5) is 24.1. The number of nitrogen functional groups attached to an aromatic ring is 2. The van der Waals surface area contributed by atoms with Gasteiger partial charge in [-0.05, 0) is 43.3 Å². The van der Waals surface area contributed by atoms with Gasteiger partial charge in [0.15, 0.2) is 5.78 Å². The van der Waals surface area contributed by atoms with Gasteiger partial charge in [0.25, 0.3) is 0 Å². The van der Waals surface area contributed by atoms with Crippen LogP contribution in [0, 0.1) is 6.92 Å². The molecule has 5 N–H and O–H groups in total. The molecule has 0 radical (unpaired) electrons. The number of aromatic carboxylic acids is 1. The minimum atomic E-state index is -3.96. The number of carbonyl (C=O) groups excluding carboxylic acids is 1. The number of carboxylic acids is 1. The van der Waals surface area contributed by atoms with Gasteiger partial charge < -0.3 is 16.6 Å². The quantitative estimate of drug-likeness (QED) is 0.434. The number of hydrogen-bond donors (Lipinski definition) is 3. The summed E-state index contributed by atoms with van der Waals surface area (Å²) in [6.07, 6.45) is 0. The molecule has 0 aliphatic rings. The molecular formula is C21H18N2O5S. The predicted molar refractivity (Wildman–Crippen MR) is 109 cm³/mol. The van der Waals surface area contributed by atoms with Crippen LogP contribution < -0.4 is 11.5 Å². The summed E-state index contributed by atoms with van der Waals surface area (Å²) in [5.74, 6) is -1.94. The third-order valence-corrected chi connectivity index (χ3v) is 6.34. The fraction of sp³-hybridized carbons (Fsp3) is 0.0476. The average molecular weight is 410 g/mol. The van der Waals surface area contributed by atoms with Gasteiger partial charge in [-0.3, -0.25) is 4.79 Å². The largest absolute Gasteiger partial charge is 0.478 e. The summed E-state index contributed by atoms with van der Waals surface area (Å²) in [6, 6.07) is 14.4. The number of sulfone groups is 1. The standard InChI is InChI=1S/C21H18N2O5S/c1-12-8-10-13(11-9-12)29(27,28)17-7-3-5-15(19(17)23)20(24)14-4-2-6-16(18(14)22)21(25)26/h2-11H,22-23H2,1H3,(H,25,26). The van der Waals surface area contributed by atoms with E-state index in [1.165, 1.54) is 48.5 Å². The molecule has 0 bridgehead atoms. The minimum Gasteiger partial charge on any atom is -0.478 e. The molecule has 0 saturated carbocycles. The second-order valence-corrected chi connectivity index (χ2v) is 8.35. The number of ketones is 1. The van der Waals surface area contributed by atoms with Crippen LogP contribution >= 0.6 is 0 Å². The highest BCUT2D eigenvalue weighted by molar-refractivity contribution is 7.91. The Hall–Kier alpha value is -3.65. The molecule has 0 heterocycles. The molecule has 0 atom stereocenters. The van der Waals surface area contributed by atoms with Crippen LogP contribution in [0.25, 0.3) is 0 Å². The van der Waals surface area contributed by atoms with E-state index < -0.39 is 21.6 Å². The Kier molecular flexibility index (Phi) is 5.13. The number of anilines is 2. The maximum atomic E-state index is 13.0. The summed E-state index contributed by atoms with van der Waals surface area (Å²) in [5.41, 5.74) is 12.0. The first kappa shape index (κ1) is 20.1. The predicted octanol–water partition coefficient (Wildman–Crippen LogP) is 2.92. The lowest BCUT2D eigenvalue weighted by molar-refractivity contribution is 0.0698. The van der Waals surface area contributed by atoms with Gasteiger partial charge in [-0.25, -0.2) is 13.2 Å². The van der Waals surface area contributed by atoms with Crippen LogP contribution in [0.15, 0.2) is 70.5 Å². The second-order valence-electron chi connectivity index (χ2n) is 6.43. The molecule has 0 aliphatic carbocycles. The smallest absolute Gasteiger partial charge is 0.337 e. The maximum Gasteiger partial charge on any atom is 0.337 e. The molecule has 7 nitrogen and oxygen atoms in total. The Morgan fingerprint density at radius 1 is 0.793 bits per heavy atom. The van der Waals surface area contributed by atoms with Gasteiger partial charge in [0.05, 0.1) is 26.7 Å². The Balaban J connectivity index is 2.13. The van der Waals surface area contributed by atoms with E-state index >= 15 is 0 Å². The maximum absolute atomic E-state index is 13.0. The Morgan fingerprint density at radius 3 is 1.90 bits per heavy atom. The van der Waals surface area contributed by atoms with Gasteiger partial charge in [0.1, 0.15) is 0 Å². The van der Waals surface area contributed by atoms with Gasteiger partial charge in [-0.1, -0.05) is 29.8 Å². The van der Waals surface area contributed by atoms with E-state index in [9.17, 15) is 23.1 Å². The summed E-state index contributed by atoms with van der Waals surface area (Å²) in [5, 5.41) is 9.20. The highest BCUT2D eigenvalue weighted by Gasteiger charge is 2.25. The highest BCUT2D eigenvalue weighted by atomic mass is 32.2. The van der Waals surface area contributed by atoms with Gasteiger partial charge in [0.2, 0.25) is 9.84 Å². The molecule has 0 aromatic heterocycles. The van der Waals surface area contributed by atoms with E-state index in [1.807, 2.05) is 6.92 Å². The van der Waals surface area contributed by atoms with E-state index in [4.69, 9.17) is 11.5 Å². The van der Waals surface area contributed by atoms with Gasteiger partial charge in [-0.15, -0.1) is 0 Å². The lowest BCUT2D eigenvalue weighted by atomic mass is 9.98. The van der Waals surface area contributed by atoms with Crippen LogP contribution in [-0.4, -0.2) is 25.3 Å². The average Bonchev–Trinajstić information content (AvgIpc) is 2.68. The molecule has 29 heavy (non-hydrogen) atoms. The number of nitrogens with two attached hydrogens (primary N) is 2. The van der Waals surface area contributed by atoms with E-state index in [2.05, 4.69) is 0 Å². The first-order chi connectivity index (χ1) is 13.6. The monoisotopic (exact) mass is 410 g/mol. The number of para-hydroxylation sites is 2. The lowest BCUT2D eigenvalue weighted by Crippen LogP contribution is -2.14. The zero-order chi connectivity index (χ0) is 21.3. The van der Waals surface area contributed by atoms with Crippen molar-refractivity contribution in [3.05, 3.63) is 82.9 Å². The van der Waals surface area contributed by atoms with Gasteiger partial charge in [-0.2, -0.15) is 0 Å². The summed E-state index contributed by atoms with van der Waals surface area (Å²) in [7, 11) is -3.96. The Morgan fingerprint density at radius 2 is 1.31 bits per heavy atom. The molecule has 0 aliphatic heterocycles. The molecule has 0 fully saturated rings. The number of aryl methyl sites for hydroxylation is 1. The molecule has 8 heteroatoms. The second kappa shape index (κ2) is 7.40. The van der Waals surface area contributed by atoms with Gasteiger partial charge >= 0.3 is 5.97 Å². The van der Waals surface area contributed by atoms with Crippen LogP contribution in [0.2, 0.25) is 0 Å². The van der Waals surface area contributed by atoms with Crippen LogP contribution in [-0.2, 0) is 9.84 Å². The van der Waals surface area contributed by atoms with Crippen LogP contribution in [0.5, 0.6) is 0 Å². The highest BCUT2D eigenvalue weighted by Crippen LogP contribution is 2.31. The van der Waals surface area contributed by atoms with Crippen molar-refractivity contribution in [3.63, 3.8) is 0 Å². The Bertz CT molecular complexity index is 1230. The zero-order valence-electron chi connectivity index (χ0n) is 15.4. The fourth-order valence-corrected chi connectivity index (χ4v) is 4.32. The topological polar surface area (TPSA) is 141 Å². The molecule has 0 amide bonds. The minimum absolute atomic E-state index is 0.0480. The summed E-state index contributed by atoms with van der Waals surface area (Å²) >= 11 is 0. The van der Waals surface area contributed by atoms with Crippen LogP contribution in [0.1, 0.15) is 31.8 Å². The SMILES string of the molecule is Cc1ccc(S(=O)(=O)c2cccc(C(=O)c3cccc(C(=O)O)c3N)c2N)cc1. The number of carbonyl (C=O) groups is 2. The molecule has 3 rings (SSSR count). The summed E-state index contributed by atoms with van der Waals surface area (Å²) in [6.45, 7) is 1.83. The van der Waals surface area contributed by atoms with Crippen molar-refractivity contribution in [2.24, 2.45) is 0 Å². The number of hydrogen-bond acceptors (Lipinski definition) is 6. The Labute approximate surface area is 167 Å². The van der Waals surface area contributed by atoms with Gasteiger partial charge in [0, 0.05) is 11.1 Å². The molecule has 0 spiro atoms. The first-order valence-corrected chi connectivity index (χ1v) is 9.99. The van der Waals surface area contributed by atoms with E-state index in [1.54, 1.807) is 12.1 Å². The van der Waals surface area contributed by atoms with E-state index in [0.29, 0.717) is 0 Å². The van der Waals surface area contributed by atoms with Crippen molar-refractivity contribution < 1.29 is 23.1 Å². The normalized spacial score (nSPS) is 11.2.